The van der Waals surface area contributed by atoms with Crippen LogP contribution in [0.2, 0.25) is 0 Å². The Balaban J connectivity index is 1.28. The van der Waals surface area contributed by atoms with Crippen molar-refractivity contribution in [2.45, 2.75) is 25.9 Å². The maximum Gasteiger partial charge on any atom is 0.121 e. The fraction of sp³-hybridized carbons (Fsp3) is 0.273. The molecule has 2 N–H and O–H groups in total. The van der Waals surface area contributed by atoms with E-state index in [0.29, 0.717) is 6.04 Å². The van der Waals surface area contributed by atoms with Crippen molar-refractivity contribution < 1.29 is 0 Å². The second kappa shape index (κ2) is 6.67. The molecule has 4 aromatic rings. The van der Waals surface area contributed by atoms with E-state index in [1.54, 1.807) is 0 Å². The first-order valence-corrected chi connectivity index (χ1v) is 9.51. The lowest BCUT2D eigenvalue weighted by Gasteiger charge is -2.17. The van der Waals surface area contributed by atoms with Crippen LogP contribution in [0, 0.1) is 6.92 Å². The van der Waals surface area contributed by atoms with E-state index in [1.165, 1.54) is 22.0 Å². The van der Waals surface area contributed by atoms with E-state index in [-0.39, 0.29) is 0 Å². The molecular weight excluding hydrogens is 334 g/mol. The zero-order valence-electron chi connectivity index (χ0n) is 15.4. The minimum Gasteiger partial charge on any atom is -0.380 e. The van der Waals surface area contributed by atoms with Gasteiger partial charge in [0.15, 0.2) is 0 Å². The summed E-state index contributed by atoms with van der Waals surface area (Å²) in [5.74, 6) is 1.05. The zero-order valence-corrected chi connectivity index (χ0v) is 15.4. The average Bonchev–Trinajstić information content (AvgIpc) is 3.28. The van der Waals surface area contributed by atoms with Crippen LogP contribution in [0.3, 0.4) is 0 Å². The van der Waals surface area contributed by atoms with Crippen molar-refractivity contribution in [3.63, 3.8) is 0 Å². The van der Waals surface area contributed by atoms with E-state index < -0.39 is 0 Å². The van der Waals surface area contributed by atoms with E-state index in [1.807, 2.05) is 12.4 Å². The summed E-state index contributed by atoms with van der Waals surface area (Å²) in [7, 11) is 0. The lowest BCUT2D eigenvalue weighted by atomic mass is 10.1. The molecule has 3 heterocycles. The minimum atomic E-state index is 0.454. The van der Waals surface area contributed by atoms with Gasteiger partial charge < -0.3 is 10.3 Å². The van der Waals surface area contributed by atoms with Crippen molar-refractivity contribution in [1.82, 2.24) is 19.9 Å². The molecule has 0 radical (unpaired) electrons. The number of fused-ring (bicyclic) bond motifs is 2. The summed E-state index contributed by atoms with van der Waals surface area (Å²) in [6, 6.07) is 15.3. The molecule has 27 heavy (non-hydrogen) atoms. The van der Waals surface area contributed by atoms with Crippen LogP contribution in [-0.2, 0) is 6.54 Å². The van der Waals surface area contributed by atoms with Crippen LogP contribution in [0.15, 0.2) is 54.9 Å². The van der Waals surface area contributed by atoms with Crippen LogP contribution in [-0.4, -0.2) is 39.0 Å². The van der Waals surface area contributed by atoms with E-state index in [9.17, 15) is 0 Å². The molecule has 0 saturated carbocycles. The number of hydrogen-bond acceptors (Lipinski definition) is 4. The molecule has 2 aromatic carbocycles. The highest BCUT2D eigenvalue weighted by molar-refractivity contribution is 5.93. The smallest absolute Gasteiger partial charge is 0.121 e. The van der Waals surface area contributed by atoms with Crippen molar-refractivity contribution in [2.24, 2.45) is 0 Å². The molecular formula is C22H23N5. The molecule has 1 unspecified atom stereocenters. The maximum absolute atomic E-state index is 4.74. The van der Waals surface area contributed by atoms with Gasteiger partial charge in [0.05, 0.1) is 17.6 Å². The van der Waals surface area contributed by atoms with Gasteiger partial charge in [-0.2, -0.15) is 0 Å². The molecule has 5 rings (SSSR count). The van der Waals surface area contributed by atoms with Crippen LogP contribution in [0.4, 0.5) is 5.69 Å². The molecule has 1 aliphatic rings. The molecule has 2 aromatic heterocycles. The molecule has 5 nitrogen and oxygen atoms in total. The third kappa shape index (κ3) is 3.26. The highest BCUT2D eigenvalue weighted by atomic mass is 15.2. The molecule has 0 aliphatic carbocycles. The normalized spacial score (nSPS) is 17.7. The Morgan fingerprint density at radius 2 is 2.19 bits per heavy atom. The van der Waals surface area contributed by atoms with Gasteiger partial charge in [-0.3, -0.25) is 9.88 Å². The fourth-order valence-electron chi connectivity index (χ4n) is 4.03. The molecule has 0 amide bonds. The zero-order chi connectivity index (χ0) is 18.2. The van der Waals surface area contributed by atoms with Gasteiger partial charge in [0.1, 0.15) is 5.82 Å². The number of aryl methyl sites for hydroxylation is 1. The van der Waals surface area contributed by atoms with Crippen molar-refractivity contribution >= 4 is 27.5 Å². The summed E-state index contributed by atoms with van der Waals surface area (Å²) in [5, 5.41) is 6.14. The Labute approximate surface area is 158 Å². The number of imidazole rings is 1. The molecule has 5 heteroatoms. The topological polar surface area (TPSA) is 56.8 Å². The molecule has 1 atom stereocenters. The van der Waals surface area contributed by atoms with Crippen molar-refractivity contribution in [1.29, 1.82) is 0 Å². The second-order valence-corrected chi connectivity index (χ2v) is 7.47. The fourth-order valence-corrected chi connectivity index (χ4v) is 4.03. The highest BCUT2D eigenvalue weighted by Gasteiger charge is 2.23. The molecule has 1 aliphatic heterocycles. The Hall–Kier alpha value is -2.92. The predicted molar refractivity (Wildman–Crippen MR) is 110 cm³/mol. The molecule has 0 spiro atoms. The molecule has 0 bridgehead atoms. The van der Waals surface area contributed by atoms with Gasteiger partial charge in [-0.15, -0.1) is 0 Å². The lowest BCUT2D eigenvalue weighted by Crippen LogP contribution is -2.26. The number of aromatic amines is 1. The van der Waals surface area contributed by atoms with Crippen molar-refractivity contribution in [3.8, 4) is 0 Å². The number of rotatable bonds is 4. The monoisotopic (exact) mass is 357 g/mol. The molecule has 1 fully saturated rings. The van der Waals surface area contributed by atoms with Crippen molar-refractivity contribution in [2.75, 3.05) is 18.4 Å². The summed E-state index contributed by atoms with van der Waals surface area (Å²) in [4.78, 5) is 14.9. The number of pyridine rings is 1. The lowest BCUT2D eigenvalue weighted by molar-refractivity contribution is 0.321. The third-order valence-corrected chi connectivity index (χ3v) is 5.37. The highest BCUT2D eigenvalue weighted by Crippen LogP contribution is 2.25. The summed E-state index contributed by atoms with van der Waals surface area (Å²) in [6.07, 6.45) is 4.92. The van der Waals surface area contributed by atoms with Crippen LogP contribution in [0.1, 0.15) is 17.8 Å². The summed E-state index contributed by atoms with van der Waals surface area (Å²) in [6.45, 7) is 5.09. The Bertz CT molecular complexity index is 1090. The number of aromatic nitrogens is 3. The van der Waals surface area contributed by atoms with Crippen LogP contribution < -0.4 is 5.32 Å². The van der Waals surface area contributed by atoms with E-state index in [2.05, 4.69) is 69.6 Å². The summed E-state index contributed by atoms with van der Waals surface area (Å²) in [5.41, 5.74) is 4.63. The second-order valence-electron chi connectivity index (χ2n) is 7.47. The maximum atomic E-state index is 4.74. The first-order chi connectivity index (χ1) is 13.2. The quantitative estimate of drug-likeness (QED) is 0.577. The SMILES string of the molecule is Cc1ccc2nc(CN3CCC(Nc4cccc5cnccc45)C3)[nH]c2c1. The van der Waals surface area contributed by atoms with E-state index in [0.717, 1.165) is 42.9 Å². The third-order valence-electron chi connectivity index (χ3n) is 5.37. The van der Waals surface area contributed by atoms with Crippen molar-refractivity contribution in [3.05, 3.63) is 66.2 Å². The first-order valence-electron chi connectivity index (χ1n) is 9.51. The number of benzene rings is 2. The van der Waals surface area contributed by atoms with E-state index in [4.69, 9.17) is 4.98 Å². The first kappa shape index (κ1) is 16.3. The van der Waals surface area contributed by atoms with Crippen LogP contribution in [0.5, 0.6) is 0 Å². The Morgan fingerprint density at radius 3 is 3.15 bits per heavy atom. The van der Waals surface area contributed by atoms with Crippen LogP contribution in [0.25, 0.3) is 21.8 Å². The number of nitrogens with one attached hydrogen (secondary N) is 2. The van der Waals surface area contributed by atoms with Crippen LogP contribution >= 0.6 is 0 Å². The molecule has 136 valence electrons. The summed E-state index contributed by atoms with van der Waals surface area (Å²) < 4.78 is 0. The van der Waals surface area contributed by atoms with Gasteiger partial charge in [-0.1, -0.05) is 18.2 Å². The number of anilines is 1. The van der Waals surface area contributed by atoms with Gasteiger partial charge in [-0.25, -0.2) is 4.98 Å². The number of likely N-dealkylation sites (tertiary alicyclic amines) is 1. The number of hydrogen-bond donors (Lipinski definition) is 2. The van der Waals surface area contributed by atoms with Gasteiger partial charge >= 0.3 is 0 Å². The largest absolute Gasteiger partial charge is 0.380 e. The summed E-state index contributed by atoms with van der Waals surface area (Å²) >= 11 is 0. The van der Waals surface area contributed by atoms with E-state index >= 15 is 0 Å². The predicted octanol–water partition coefficient (Wildman–Crippen LogP) is 4.11. The van der Waals surface area contributed by atoms with Gasteiger partial charge in [0, 0.05) is 48.0 Å². The van der Waals surface area contributed by atoms with Gasteiger partial charge in [0.2, 0.25) is 0 Å². The number of H-pyrrole nitrogens is 1. The Morgan fingerprint density at radius 1 is 1.22 bits per heavy atom. The number of nitrogens with zero attached hydrogens (tertiary/aromatic N) is 3. The standard InChI is InChI=1S/C22H23N5/c1-15-5-6-20-21(11-15)26-22(25-20)14-27-10-8-17(13-27)24-19-4-2-3-16-12-23-9-7-18(16)19/h2-7,9,11-12,17,24H,8,10,13-14H2,1H3,(H,25,26). The molecule has 1 saturated heterocycles. The van der Waals surface area contributed by atoms with Gasteiger partial charge in [-0.05, 0) is 43.2 Å². The minimum absolute atomic E-state index is 0.454. The Kier molecular flexibility index (Phi) is 4.02. The van der Waals surface area contributed by atoms with Gasteiger partial charge in [0.25, 0.3) is 0 Å². The average molecular weight is 357 g/mol.